The number of hydrogen-bond donors (Lipinski definition) is 5. The predicted octanol–water partition coefficient (Wildman–Crippen LogP) is 4.98. The smallest absolute Gasteiger partial charge is 0.408 e. The molecule has 4 aromatic carbocycles. The van der Waals surface area contributed by atoms with Gasteiger partial charge >= 0.3 is 12.1 Å². The summed E-state index contributed by atoms with van der Waals surface area (Å²) in [4.78, 5) is 66.2. The SMILES string of the molecule is C=CC[C@H](CC(=O)N[C@@H](CO)Cc1ccccc1)C(=O)N[C@@H](COC(=O)[C@@H](CC=C)NC(=O)OCc1ccccc1)C(=O)Nc1ccc2ccccc2c1. The number of rotatable bonds is 20. The normalized spacial score (nSPS) is 12.9. The van der Waals surface area contributed by atoms with E-state index in [1.807, 2.05) is 66.7 Å². The topological polar surface area (TPSA) is 172 Å². The molecule has 5 N–H and O–H groups in total. The Balaban J connectivity index is 1.45. The van der Waals surface area contributed by atoms with Crippen molar-refractivity contribution in [2.45, 2.75) is 50.4 Å². The Bertz CT molecular complexity index is 1890. The molecule has 12 nitrogen and oxygen atoms in total. The number of anilines is 1. The van der Waals surface area contributed by atoms with Gasteiger partial charge in [0.15, 0.2) is 0 Å². The first-order valence-electron chi connectivity index (χ1n) is 17.6. The summed E-state index contributed by atoms with van der Waals surface area (Å²) in [6, 6.07) is 28.0. The quantitative estimate of drug-likeness (QED) is 0.0625. The number of hydrogen-bond acceptors (Lipinski definition) is 8. The van der Waals surface area contributed by atoms with E-state index in [9.17, 15) is 29.1 Å². The van der Waals surface area contributed by atoms with Gasteiger partial charge in [0.25, 0.3) is 5.91 Å². The number of ether oxygens (including phenoxy) is 2. The van der Waals surface area contributed by atoms with E-state index in [0.717, 1.165) is 21.9 Å². The molecule has 54 heavy (non-hydrogen) atoms. The lowest BCUT2D eigenvalue weighted by molar-refractivity contribution is -0.148. The summed E-state index contributed by atoms with van der Waals surface area (Å²) in [7, 11) is 0. The Labute approximate surface area is 314 Å². The number of carbonyl (C=O) groups excluding carboxylic acids is 5. The molecule has 0 aliphatic rings. The molecule has 0 saturated heterocycles. The van der Waals surface area contributed by atoms with Gasteiger partial charge in [-0.05, 0) is 53.3 Å². The molecule has 0 unspecified atom stereocenters. The van der Waals surface area contributed by atoms with Crippen molar-refractivity contribution < 1.29 is 38.6 Å². The minimum atomic E-state index is -1.40. The number of benzene rings is 4. The molecule has 282 valence electrons. The fourth-order valence-corrected chi connectivity index (χ4v) is 5.58. The molecule has 0 heterocycles. The predicted molar refractivity (Wildman–Crippen MR) is 206 cm³/mol. The largest absolute Gasteiger partial charge is 0.461 e. The van der Waals surface area contributed by atoms with Crippen molar-refractivity contribution in [3.63, 3.8) is 0 Å². The van der Waals surface area contributed by atoms with Gasteiger partial charge in [-0.2, -0.15) is 0 Å². The van der Waals surface area contributed by atoms with Gasteiger partial charge in [0, 0.05) is 12.1 Å². The van der Waals surface area contributed by atoms with Crippen molar-refractivity contribution in [2.75, 3.05) is 18.5 Å². The first-order valence-corrected chi connectivity index (χ1v) is 17.6. The second-order valence-electron chi connectivity index (χ2n) is 12.6. The number of nitrogens with one attached hydrogen (secondary N) is 4. The lowest BCUT2D eigenvalue weighted by Gasteiger charge is -2.24. The summed E-state index contributed by atoms with van der Waals surface area (Å²) in [5.74, 6) is -3.66. The fourth-order valence-electron chi connectivity index (χ4n) is 5.58. The van der Waals surface area contributed by atoms with Crippen LogP contribution in [0.25, 0.3) is 10.8 Å². The Morgan fingerprint density at radius 1 is 0.685 bits per heavy atom. The lowest BCUT2D eigenvalue weighted by atomic mass is 9.98. The number of amides is 4. The number of alkyl carbamates (subject to hydrolysis) is 1. The minimum absolute atomic E-state index is 0.00475. The van der Waals surface area contributed by atoms with E-state index < -0.39 is 60.4 Å². The molecular formula is C42H46N4O8. The van der Waals surface area contributed by atoms with Crippen LogP contribution in [0.1, 0.15) is 30.4 Å². The molecule has 4 aromatic rings. The van der Waals surface area contributed by atoms with Crippen LogP contribution in [0.4, 0.5) is 10.5 Å². The third-order valence-electron chi connectivity index (χ3n) is 8.40. The molecule has 0 aromatic heterocycles. The molecule has 12 heteroatoms. The van der Waals surface area contributed by atoms with Crippen LogP contribution in [0.2, 0.25) is 0 Å². The molecule has 0 fully saturated rings. The average Bonchev–Trinajstić information content (AvgIpc) is 3.18. The number of aliphatic hydroxyl groups excluding tert-OH is 1. The third-order valence-corrected chi connectivity index (χ3v) is 8.40. The van der Waals surface area contributed by atoms with E-state index in [1.165, 1.54) is 12.2 Å². The maximum absolute atomic E-state index is 13.7. The Kier molecular flexibility index (Phi) is 16.0. The summed E-state index contributed by atoms with van der Waals surface area (Å²) in [6.07, 6.45) is 2.25. The van der Waals surface area contributed by atoms with Gasteiger partial charge in [0.1, 0.15) is 25.3 Å². The van der Waals surface area contributed by atoms with Gasteiger partial charge in [-0.1, -0.05) is 103 Å². The Hall–Kier alpha value is -6.27. The summed E-state index contributed by atoms with van der Waals surface area (Å²) in [6.45, 7) is 6.42. The molecule has 0 aliphatic heterocycles. The summed E-state index contributed by atoms with van der Waals surface area (Å²) in [5, 5.41) is 22.4. The van der Waals surface area contributed by atoms with Gasteiger partial charge in [-0.3, -0.25) is 14.4 Å². The Morgan fingerprint density at radius 3 is 2.00 bits per heavy atom. The Morgan fingerprint density at radius 2 is 1.33 bits per heavy atom. The highest BCUT2D eigenvalue weighted by molar-refractivity contribution is 6.00. The molecule has 4 amide bonds. The second-order valence-corrected chi connectivity index (χ2v) is 12.6. The van der Waals surface area contributed by atoms with Crippen LogP contribution < -0.4 is 21.3 Å². The maximum Gasteiger partial charge on any atom is 0.408 e. The van der Waals surface area contributed by atoms with Crippen LogP contribution in [0.5, 0.6) is 0 Å². The summed E-state index contributed by atoms with van der Waals surface area (Å²) in [5.41, 5.74) is 2.10. The van der Waals surface area contributed by atoms with Gasteiger partial charge in [0.05, 0.1) is 18.6 Å². The molecule has 0 aliphatic carbocycles. The highest BCUT2D eigenvalue weighted by Crippen LogP contribution is 2.19. The van der Waals surface area contributed by atoms with E-state index >= 15 is 0 Å². The van der Waals surface area contributed by atoms with Gasteiger partial charge in [-0.15, -0.1) is 13.2 Å². The van der Waals surface area contributed by atoms with E-state index in [1.54, 1.807) is 36.4 Å². The average molecular weight is 735 g/mol. The molecule has 0 radical (unpaired) electrons. The molecule has 0 saturated carbocycles. The molecule has 0 bridgehead atoms. The molecule has 4 rings (SSSR count). The van der Waals surface area contributed by atoms with E-state index in [4.69, 9.17) is 9.47 Å². The highest BCUT2D eigenvalue weighted by Gasteiger charge is 2.30. The summed E-state index contributed by atoms with van der Waals surface area (Å²) < 4.78 is 10.7. The van der Waals surface area contributed by atoms with Gasteiger partial charge < -0.3 is 35.8 Å². The van der Waals surface area contributed by atoms with Crippen LogP contribution in [0.3, 0.4) is 0 Å². The zero-order valence-electron chi connectivity index (χ0n) is 29.9. The first kappa shape index (κ1) is 40.5. The number of esters is 1. The van der Waals surface area contributed by atoms with Crippen molar-refractivity contribution >= 4 is 46.2 Å². The van der Waals surface area contributed by atoms with Crippen molar-refractivity contribution in [2.24, 2.45) is 5.92 Å². The second kappa shape index (κ2) is 21.3. The van der Waals surface area contributed by atoms with Crippen molar-refractivity contribution in [1.82, 2.24) is 16.0 Å². The van der Waals surface area contributed by atoms with Gasteiger partial charge in [0.2, 0.25) is 11.8 Å². The van der Waals surface area contributed by atoms with E-state index in [2.05, 4.69) is 34.4 Å². The van der Waals surface area contributed by atoms with Crippen molar-refractivity contribution in [3.05, 3.63) is 140 Å². The van der Waals surface area contributed by atoms with Crippen molar-refractivity contribution in [1.29, 1.82) is 0 Å². The number of carbonyl (C=O) groups is 5. The number of allylic oxidation sites excluding steroid dienone is 1. The monoisotopic (exact) mass is 734 g/mol. The zero-order chi connectivity index (χ0) is 38.7. The number of fused-ring (bicyclic) bond motifs is 1. The summed E-state index contributed by atoms with van der Waals surface area (Å²) >= 11 is 0. The molecule has 0 spiro atoms. The van der Waals surface area contributed by atoms with Crippen LogP contribution >= 0.6 is 0 Å². The van der Waals surface area contributed by atoms with Crippen LogP contribution in [0, 0.1) is 5.92 Å². The molecular weight excluding hydrogens is 688 g/mol. The fraction of sp³-hybridized carbons (Fsp3) is 0.262. The van der Waals surface area contributed by atoms with Crippen molar-refractivity contribution in [3.8, 4) is 0 Å². The van der Waals surface area contributed by atoms with Gasteiger partial charge in [-0.25, -0.2) is 9.59 Å². The van der Waals surface area contributed by atoms with Crippen LogP contribution in [0.15, 0.2) is 128 Å². The third kappa shape index (κ3) is 13.1. The highest BCUT2D eigenvalue weighted by atomic mass is 16.6. The zero-order valence-corrected chi connectivity index (χ0v) is 29.9. The first-order chi connectivity index (χ1) is 26.2. The maximum atomic E-state index is 13.7. The molecule has 4 atom stereocenters. The van der Waals surface area contributed by atoms with E-state index in [-0.39, 0.29) is 32.5 Å². The number of aliphatic hydroxyl groups is 1. The lowest BCUT2D eigenvalue weighted by Crippen LogP contribution is -2.51. The van der Waals surface area contributed by atoms with Crippen LogP contribution in [-0.4, -0.2) is 66.2 Å². The minimum Gasteiger partial charge on any atom is -0.461 e. The van der Waals surface area contributed by atoms with Crippen LogP contribution in [-0.2, 0) is 41.7 Å². The van der Waals surface area contributed by atoms with E-state index in [0.29, 0.717) is 12.1 Å². The standard InChI is InChI=1S/C42H46N4O8/c1-3-13-33(25-38(48)43-35(26-47)23-29-15-7-5-8-16-29)39(49)45-37(40(50)44-34-22-21-31-19-11-12-20-32(31)24-34)28-53-41(51)36(14-4-2)46-42(52)54-27-30-17-9-6-10-18-30/h3-12,15-22,24,33,35-37,47H,1-2,13-14,23,25-28H2,(H,43,48)(H,44,50)(H,45,49)(H,46,52)/t33-,35-,36-,37+/m1/s1.